The number of aromatic nitrogens is 2. The van der Waals surface area contributed by atoms with E-state index in [-0.39, 0.29) is 23.7 Å². The molecule has 12 nitrogen and oxygen atoms in total. The zero-order chi connectivity index (χ0) is 45.5. The molecule has 65 heavy (non-hydrogen) atoms. The fourth-order valence-electron chi connectivity index (χ4n) is 9.92. The summed E-state index contributed by atoms with van der Waals surface area (Å²) in [7, 11) is 0. The first-order valence-electron chi connectivity index (χ1n) is 25.1. The topological polar surface area (TPSA) is 123 Å². The normalized spacial score (nSPS) is 18.9. The molecule has 0 aliphatic carbocycles. The molecule has 0 bridgehead atoms. The summed E-state index contributed by atoms with van der Waals surface area (Å²) in [4.78, 5) is 44.7. The summed E-state index contributed by atoms with van der Waals surface area (Å²) in [5, 5.41) is 6.37. The standard InChI is InChI=1S/C27H40N4O2.C26H38N4O2/c1-20-9-15-30(16-10-20)14-6-13-28-26(32)23-11-17-31(18-12-23)19-25-22(3)33-27(29-25)24-8-5-4-7-21(24)2;1-20-9-4-5-10-23(20)26-28-24(21(2)32-26)19-30-17-11-22(12-18-30)25(31)27-13-8-16-29-14-6-3-7-15-29/h4-5,7-8,20,23H,6,9-19H2,1-3H3,(H,28,32);4-5,9-10,22H,3,6-8,11-19H2,1-2H3,(H,27,31). The van der Waals surface area contributed by atoms with E-state index in [1.165, 1.54) is 69.4 Å². The number of amides is 2. The number of nitrogens with one attached hydrogen (secondary N) is 2. The largest absolute Gasteiger partial charge is 0.441 e. The number of likely N-dealkylation sites (tertiary alicyclic amines) is 4. The molecule has 12 heteroatoms. The van der Waals surface area contributed by atoms with Crippen molar-refractivity contribution in [2.24, 2.45) is 17.8 Å². The third-order valence-electron chi connectivity index (χ3n) is 14.4. The monoisotopic (exact) mass is 891 g/mol. The summed E-state index contributed by atoms with van der Waals surface area (Å²) >= 11 is 0. The van der Waals surface area contributed by atoms with Crippen LogP contribution in [0, 0.1) is 45.4 Å². The Morgan fingerprint density at radius 3 is 1.38 bits per heavy atom. The third-order valence-corrected chi connectivity index (χ3v) is 14.4. The summed E-state index contributed by atoms with van der Waals surface area (Å²) in [6, 6.07) is 16.4. The summed E-state index contributed by atoms with van der Waals surface area (Å²) in [6.45, 7) is 24.5. The van der Waals surface area contributed by atoms with Gasteiger partial charge < -0.3 is 29.3 Å². The van der Waals surface area contributed by atoms with Crippen LogP contribution in [0.3, 0.4) is 0 Å². The van der Waals surface area contributed by atoms with Gasteiger partial charge in [-0.3, -0.25) is 19.4 Å². The number of benzene rings is 2. The molecular weight excluding hydrogens is 813 g/mol. The average Bonchev–Trinajstić information content (AvgIpc) is 3.88. The number of carbonyl (C=O) groups excluding carboxylic acids is 2. The molecule has 6 heterocycles. The van der Waals surface area contributed by atoms with Crippen molar-refractivity contribution < 1.29 is 18.4 Å². The fourth-order valence-corrected chi connectivity index (χ4v) is 9.92. The Labute approximate surface area is 389 Å². The van der Waals surface area contributed by atoms with Crippen LogP contribution in [0.1, 0.15) is 112 Å². The van der Waals surface area contributed by atoms with Crippen molar-refractivity contribution >= 4 is 11.8 Å². The van der Waals surface area contributed by atoms with Gasteiger partial charge in [-0.25, -0.2) is 9.97 Å². The van der Waals surface area contributed by atoms with Gasteiger partial charge in [0.2, 0.25) is 23.6 Å². The van der Waals surface area contributed by atoms with Crippen LogP contribution in [-0.4, -0.2) is 120 Å². The van der Waals surface area contributed by atoms with E-state index in [0.717, 1.165) is 144 Å². The molecule has 4 aliphatic heterocycles. The Morgan fingerprint density at radius 2 is 0.954 bits per heavy atom. The highest BCUT2D eigenvalue weighted by Gasteiger charge is 2.28. The minimum atomic E-state index is 0.137. The number of carbonyl (C=O) groups is 2. The van der Waals surface area contributed by atoms with Crippen molar-refractivity contribution in [3.8, 4) is 22.9 Å². The molecule has 4 fully saturated rings. The van der Waals surface area contributed by atoms with Crippen molar-refractivity contribution in [2.75, 3.05) is 78.5 Å². The van der Waals surface area contributed by atoms with E-state index in [2.05, 4.69) is 75.3 Å². The summed E-state index contributed by atoms with van der Waals surface area (Å²) in [6.07, 6.45) is 12.4. The van der Waals surface area contributed by atoms with E-state index in [0.29, 0.717) is 11.8 Å². The Kier molecular flexibility index (Phi) is 18.2. The van der Waals surface area contributed by atoms with E-state index < -0.39 is 0 Å². The second-order valence-corrected chi connectivity index (χ2v) is 19.5. The van der Waals surface area contributed by atoms with Crippen LogP contribution in [0.15, 0.2) is 57.4 Å². The van der Waals surface area contributed by atoms with Gasteiger partial charge in [0.15, 0.2) is 0 Å². The maximum absolute atomic E-state index is 12.6. The molecule has 4 saturated heterocycles. The molecule has 0 radical (unpaired) electrons. The predicted octanol–water partition coefficient (Wildman–Crippen LogP) is 8.57. The zero-order valence-corrected chi connectivity index (χ0v) is 40.3. The second-order valence-electron chi connectivity index (χ2n) is 19.5. The molecule has 2 amide bonds. The highest BCUT2D eigenvalue weighted by Crippen LogP contribution is 2.29. The Hall–Kier alpha value is -4.36. The van der Waals surface area contributed by atoms with Gasteiger partial charge in [0.1, 0.15) is 11.5 Å². The van der Waals surface area contributed by atoms with Crippen LogP contribution < -0.4 is 10.6 Å². The van der Waals surface area contributed by atoms with E-state index in [1.807, 2.05) is 38.1 Å². The SMILES string of the molecule is Cc1ccccc1-c1nc(CN2CCC(C(=O)NCCCN3CCC(C)CC3)CC2)c(C)o1.Cc1ccccc1-c1nc(CN2CCC(C(=O)NCCCN3CCCCC3)CC2)c(C)o1. The molecule has 0 unspecified atom stereocenters. The quantitative estimate of drug-likeness (QED) is 0.106. The van der Waals surface area contributed by atoms with Crippen molar-refractivity contribution in [3.63, 3.8) is 0 Å². The maximum atomic E-state index is 12.6. The zero-order valence-electron chi connectivity index (χ0n) is 40.3. The number of rotatable bonds is 16. The van der Waals surface area contributed by atoms with Gasteiger partial charge in [0.05, 0.1) is 11.4 Å². The van der Waals surface area contributed by atoms with Crippen LogP contribution in [0.25, 0.3) is 22.9 Å². The molecule has 0 atom stereocenters. The first kappa shape index (κ1) is 48.6. The molecule has 0 saturated carbocycles. The summed E-state index contributed by atoms with van der Waals surface area (Å²) in [5.41, 5.74) is 6.45. The Morgan fingerprint density at radius 1 is 0.554 bits per heavy atom. The van der Waals surface area contributed by atoms with Gasteiger partial charge in [-0.2, -0.15) is 0 Å². The third kappa shape index (κ3) is 14.3. The molecule has 2 aromatic carbocycles. The molecule has 2 N–H and O–H groups in total. The van der Waals surface area contributed by atoms with Crippen LogP contribution in [0.5, 0.6) is 0 Å². The maximum Gasteiger partial charge on any atom is 0.226 e. The van der Waals surface area contributed by atoms with Crippen molar-refractivity contribution in [1.29, 1.82) is 0 Å². The lowest BCUT2D eigenvalue weighted by molar-refractivity contribution is -0.127. The first-order chi connectivity index (χ1) is 31.6. The van der Waals surface area contributed by atoms with Gasteiger partial charge in [-0.15, -0.1) is 0 Å². The van der Waals surface area contributed by atoms with Gasteiger partial charge in [-0.05, 0) is 187 Å². The lowest BCUT2D eigenvalue weighted by Crippen LogP contribution is -2.41. The molecule has 354 valence electrons. The number of hydrogen-bond acceptors (Lipinski definition) is 10. The lowest BCUT2D eigenvalue weighted by Gasteiger charge is -2.31. The number of nitrogens with zero attached hydrogens (tertiary/aromatic N) is 6. The number of aryl methyl sites for hydroxylation is 4. The smallest absolute Gasteiger partial charge is 0.226 e. The van der Waals surface area contributed by atoms with Crippen molar-refractivity contribution in [1.82, 2.24) is 40.2 Å². The van der Waals surface area contributed by atoms with Crippen molar-refractivity contribution in [3.05, 3.63) is 82.6 Å². The molecule has 4 aromatic rings. The molecule has 4 aliphatic rings. The second kappa shape index (κ2) is 24.4. The highest BCUT2D eigenvalue weighted by atomic mass is 16.4. The van der Waals surface area contributed by atoms with Gasteiger partial charge in [0, 0.05) is 49.1 Å². The van der Waals surface area contributed by atoms with Gasteiger partial charge in [-0.1, -0.05) is 49.7 Å². The minimum absolute atomic E-state index is 0.137. The first-order valence-corrected chi connectivity index (χ1v) is 25.1. The minimum Gasteiger partial charge on any atom is -0.441 e. The number of hydrogen-bond donors (Lipinski definition) is 2. The van der Waals surface area contributed by atoms with Gasteiger partial charge >= 0.3 is 0 Å². The van der Waals surface area contributed by atoms with E-state index >= 15 is 0 Å². The van der Waals surface area contributed by atoms with E-state index in [1.54, 1.807) is 0 Å². The van der Waals surface area contributed by atoms with Gasteiger partial charge in [0.25, 0.3) is 0 Å². The van der Waals surface area contributed by atoms with Crippen LogP contribution in [-0.2, 0) is 22.7 Å². The molecule has 0 spiro atoms. The Bertz CT molecular complexity index is 2080. The fraction of sp³-hybridized carbons (Fsp3) is 0.623. The van der Waals surface area contributed by atoms with E-state index in [9.17, 15) is 9.59 Å². The molecule has 2 aromatic heterocycles. The van der Waals surface area contributed by atoms with Crippen LogP contribution in [0.2, 0.25) is 0 Å². The van der Waals surface area contributed by atoms with Crippen LogP contribution >= 0.6 is 0 Å². The average molecular weight is 891 g/mol. The Balaban J connectivity index is 0.000000194. The number of piperidine rings is 4. The number of oxazole rings is 2. The van der Waals surface area contributed by atoms with Crippen molar-refractivity contribution in [2.45, 2.75) is 118 Å². The predicted molar refractivity (Wildman–Crippen MR) is 259 cm³/mol. The molecule has 8 rings (SSSR count). The summed E-state index contributed by atoms with van der Waals surface area (Å²) < 4.78 is 12.0. The highest BCUT2D eigenvalue weighted by molar-refractivity contribution is 5.79. The molecular formula is C53H78N8O4. The summed E-state index contributed by atoms with van der Waals surface area (Å²) in [5.74, 6) is 4.80. The van der Waals surface area contributed by atoms with Crippen LogP contribution in [0.4, 0.5) is 0 Å². The van der Waals surface area contributed by atoms with E-state index in [4.69, 9.17) is 18.8 Å². The lowest BCUT2D eigenvalue weighted by atomic mass is 9.95.